The van der Waals surface area contributed by atoms with Crippen molar-refractivity contribution in [2.45, 2.75) is 12.5 Å². The van der Waals surface area contributed by atoms with Crippen molar-refractivity contribution in [1.82, 2.24) is 15.5 Å². The van der Waals surface area contributed by atoms with E-state index in [4.69, 9.17) is 9.47 Å². The van der Waals surface area contributed by atoms with E-state index in [1.807, 2.05) is 0 Å². The zero-order valence-electron chi connectivity index (χ0n) is 18.1. The number of methoxy groups -OCH3 is 1. The molecular weight excluding hydrogens is 430 g/mol. The average molecular weight is 453 g/mol. The Labute approximate surface area is 189 Å². The summed E-state index contributed by atoms with van der Waals surface area (Å²) < 4.78 is 10.4. The van der Waals surface area contributed by atoms with Crippen molar-refractivity contribution in [1.29, 1.82) is 0 Å². The summed E-state index contributed by atoms with van der Waals surface area (Å²) in [5.41, 5.74) is 0.607. The number of nitrogens with zero attached hydrogens (tertiary/aromatic N) is 1. The molecule has 2 aromatic carbocycles. The van der Waals surface area contributed by atoms with Gasteiger partial charge >= 0.3 is 12.0 Å². The number of amides is 5. The summed E-state index contributed by atoms with van der Waals surface area (Å²) in [5, 5.41) is 4.34. The van der Waals surface area contributed by atoms with Crippen LogP contribution in [0, 0.1) is 0 Å². The molecule has 0 radical (unpaired) electrons. The van der Waals surface area contributed by atoms with Crippen LogP contribution in [0.1, 0.15) is 49.2 Å². The van der Waals surface area contributed by atoms with Gasteiger partial charge in [0.1, 0.15) is 0 Å². The lowest BCUT2D eigenvalue weighted by Gasteiger charge is -2.17. The maximum atomic E-state index is 12.8. The fraction of sp³-hybridized carbons (Fsp3) is 0.261. The van der Waals surface area contributed by atoms with E-state index >= 15 is 0 Å². The van der Waals surface area contributed by atoms with Gasteiger partial charge in [0.05, 0.1) is 16.7 Å². The van der Waals surface area contributed by atoms with Gasteiger partial charge in [-0.25, -0.2) is 9.59 Å². The van der Waals surface area contributed by atoms with Crippen LogP contribution in [0.15, 0.2) is 48.5 Å². The highest BCUT2D eigenvalue weighted by molar-refractivity contribution is 6.22. The van der Waals surface area contributed by atoms with Gasteiger partial charge in [0.2, 0.25) is 6.10 Å². The predicted octanol–water partition coefficient (Wildman–Crippen LogP) is 1.67. The minimum Gasteiger partial charge on any atom is -0.444 e. The molecule has 1 atom stereocenters. The average Bonchev–Trinajstić information content (AvgIpc) is 3.07. The van der Waals surface area contributed by atoms with E-state index in [2.05, 4.69) is 10.6 Å². The van der Waals surface area contributed by atoms with Crippen molar-refractivity contribution in [3.8, 4) is 0 Å². The third-order valence-electron chi connectivity index (χ3n) is 4.97. The van der Waals surface area contributed by atoms with Crippen LogP contribution in [0.25, 0.3) is 0 Å². The Morgan fingerprint density at radius 2 is 1.70 bits per heavy atom. The Morgan fingerprint density at radius 1 is 1.00 bits per heavy atom. The molecule has 0 aliphatic carbocycles. The second-order valence-corrected chi connectivity index (χ2v) is 7.13. The molecule has 1 heterocycles. The Kier molecular flexibility index (Phi) is 7.52. The van der Waals surface area contributed by atoms with E-state index in [1.54, 1.807) is 30.3 Å². The van der Waals surface area contributed by atoms with Crippen LogP contribution >= 0.6 is 0 Å². The van der Waals surface area contributed by atoms with Gasteiger partial charge in [-0.1, -0.05) is 30.3 Å². The summed E-state index contributed by atoms with van der Waals surface area (Å²) in [4.78, 5) is 63.3. The summed E-state index contributed by atoms with van der Waals surface area (Å²) >= 11 is 0. The Bertz CT molecular complexity index is 1080. The number of carbonyl (C=O) groups excluding carboxylic acids is 5. The van der Waals surface area contributed by atoms with E-state index in [0.29, 0.717) is 18.6 Å². The first kappa shape index (κ1) is 23.6. The molecule has 172 valence electrons. The molecule has 3 rings (SSSR count). The summed E-state index contributed by atoms with van der Waals surface area (Å²) in [6.07, 6.45) is -0.928. The number of hydrogen-bond donors (Lipinski definition) is 2. The first-order chi connectivity index (χ1) is 15.9. The lowest BCUT2D eigenvalue weighted by Crippen LogP contribution is -2.41. The Hall–Kier alpha value is -4.05. The fourth-order valence-corrected chi connectivity index (χ4v) is 3.30. The molecule has 0 aromatic heterocycles. The zero-order chi connectivity index (χ0) is 24.0. The normalized spacial score (nSPS) is 13.3. The summed E-state index contributed by atoms with van der Waals surface area (Å²) in [6.45, 7) is 0.583. The van der Waals surface area contributed by atoms with Gasteiger partial charge in [-0.2, -0.15) is 0 Å². The van der Waals surface area contributed by atoms with Gasteiger partial charge in [0.25, 0.3) is 17.7 Å². The van der Waals surface area contributed by atoms with E-state index in [-0.39, 0.29) is 23.2 Å². The van der Waals surface area contributed by atoms with Crippen LogP contribution < -0.4 is 10.6 Å². The van der Waals surface area contributed by atoms with Crippen molar-refractivity contribution in [3.63, 3.8) is 0 Å². The summed E-state index contributed by atoms with van der Waals surface area (Å²) in [6, 6.07) is 11.4. The number of benzene rings is 2. The second kappa shape index (κ2) is 10.5. The van der Waals surface area contributed by atoms with Gasteiger partial charge in [0, 0.05) is 32.9 Å². The number of rotatable bonds is 8. The smallest absolute Gasteiger partial charge is 0.339 e. The van der Waals surface area contributed by atoms with Crippen molar-refractivity contribution in [2.75, 3.05) is 27.3 Å². The lowest BCUT2D eigenvalue weighted by atomic mass is 10.1. The third kappa shape index (κ3) is 5.24. The number of esters is 1. The fourth-order valence-electron chi connectivity index (χ4n) is 3.30. The molecule has 5 amide bonds. The molecule has 0 bridgehead atoms. The quantitative estimate of drug-likeness (QED) is 0.353. The predicted molar refractivity (Wildman–Crippen MR) is 115 cm³/mol. The number of fused-ring (bicyclic) bond motifs is 1. The highest BCUT2D eigenvalue weighted by Crippen LogP contribution is 2.26. The first-order valence-electron chi connectivity index (χ1n) is 10.1. The molecule has 2 aromatic rings. The van der Waals surface area contributed by atoms with Crippen LogP contribution in [0.5, 0.6) is 0 Å². The Morgan fingerprint density at radius 3 is 2.36 bits per heavy atom. The molecule has 0 fully saturated rings. The molecule has 33 heavy (non-hydrogen) atoms. The molecule has 10 heteroatoms. The van der Waals surface area contributed by atoms with E-state index in [9.17, 15) is 24.0 Å². The van der Waals surface area contributed by atoms with Crippen LogP contribution in [0.3, 0.4) is 0 Å². The van der Waals surface area contributed by atoms with Crippen molar-refractivity contribution < 1.29 is 33.4 Å². The minimum absolute atomic E-state index is 0.0117. The summed E-state index contributed by atoms with van der Waals surface area (Å²) in [7, 11) is 2.87. The number of urea groups is 1. The molecule has 1 unspecified atom stereocenters. The molecular formula is C23H23N3O7. The SMILES string of the molecule is CNC(=O)NC(=O)C(OC(=O)c1ccc2c(c1)C(=O)N(CCCOC)C2=O)c1ccccc1. The first-order valence-corrected chi connectivity index (χ1v) is 10.1. The highest BCUT2D eigenvalue weighted by atomic mass is 16.5. The zero-order valence-corrected chi connectivity index (χ0v) is 18.1. The van der Waals surface area contributed by atoms with Gasteiger partial charge in [0.15, 0.2) is 0 Å². The number of ether oxygens (including phenoxy) is 2. The highest BCUT2D eigenvalue weighted by Gasteiger charge is 2.36. The van der Waals surface area contributed by atoms with E-state index in [0.717, 1.165) is 4.90 Å². The molecule has 0 saturated heterocycles. The van der Waals surface area contributed by atoms with Crippen LogP contribution in [0.2, 0.25) is 0 Å². The molecule has 1 aliphatic heterocycles. The van der Waals surface area contributed by atoms with E-state index < -0.39 is 35.8 Å². The van der Waals surface area contributed by atoms with Gasteiger partial charge in [-0.15, -0.1) is 0 Å². The van der Waals surface area contributed by atoms with Crippen molar-refractivity contribution >= 4 is 29.7 Å². The van der Waals surface area contributed by atoms with Gasteiger partial charge in [-0.05, 0) is 24.6 Å². The van der Waals surface area contributed by atoms with Crippen LogP contribution in [-0.2, 0) is 14.3 Å². The molecule has 2 N–H and O–H groups in total. The molecule has 0 spiro atoms. The molecule has 1 aliphatic rings. The minimum atomic E-state index is -1.41. The van der Waals surface area contributed by atoms with Crippen molar-refractivity contribution in [3.05, 3.63) is 70.8 Å². The van der Waals surface area contributed by atoms with Crippen molar-refractivity contribution in [2.24, 2.45) is 0 Å². The Balaban J connectivity index is 1.82. The van der Waals surface area contributed by atoms with Crippen LogP contribution in [0.4, 0.5) is 4.79 Å². The third-order valence-corrected chi connectivity index (χ3v) is 4.97. The molecule has 0 saturated carbocycles. The number of nitrogens with one attached hydrogen (secondary N) is 2. The topological polar surface area (TPSA) is 131 Å². The largest absolute Gasteiger partial charge is 0.444 e. The maximum absolute atomic E-state index is 12.8. The second-order valence-electron chi connectivity index (χ2n) is 7.13. The lowest BCUT2D eigenvalue weighted by molar-refractivity contribution is -0.129. The number of imide groups is 2. The number of hydrogen-bond acceptors (Lipinski definition) is 7. The maximum Gasteiger partial charge on any atom is 0.339 e. The van der Waals surface area contributed by atoms with E-state index in [1.165, 1.54) is 32.4 Å². The monoisotopic (exact) mass is 453 g/mol. The standard InChI is InChI=1S/C23H23N3O7/c1-24-23(31)25-19(27)18(14-7-4-3-5-8-14)33-22(30)15-9-10-16-17(13-15)21(29)26(20(16)28)11-6-12-32-2/h3-5,7-10,13,18H,6,11-12H2,1-2H3,(H2,24,25,27,31). The summed E-state index contributed by atoms with van der Waals surface area (Å²) in [5.74, 6) is -2.70. The van der Waals surface area contributed by atoms with Gasteiger partial charge < -0.3 is 14.8 Å². The van der Waals surface area contributed by atoms with Gasteiger partial charge in [-0.3, -0.25) is 24.6 Å². The van der Waals surface area contributed by atoms with Crippen LogP contribution in [-0.4, -0.2) is 61.9 Å². The number of carbonyl (C=O) groups is 5. The molecule has 10 nitrogen and oxygen atoms in total.